The molecule has 2 aromatic rings. The van der Waals surface area contributed by atoms with Crippen molar-refractivity contribution in [1.82, 2.24) is 0 Å². The summed E-state index contributed by atoms with van der Waals surface area (Å²) in [6, 6.07) is 14.2. The van der Waals surface area contributed by atoms with Gasteiger partial charge in [-0.25, -0.2) is 8.42 Å². The third kappa shape index (κ3) is 3.59. The van der Waals surface area contributed by atoms with E-state index in [1.54, 1.807) is 24.3 Å². The second-order valence-corrected chi connectivity index (χ2v) is 6.29. The highest BCUT2D eigenvalue weighted by Gasteiger charge is 2.13. The van der Waals surface area contributed by atoms with E-state index in [0.717, 1.165) is 11.0 Å². The van der Waals surface area contributed by atoms with E-state index in [-0.39, 0.29) is 0 Å². The van der Waals surface area contributed by atoms with Gasteiger partial charge in [0.25, 0.3) is 10.0 Å². The molecule has 2 aromatic carbocycles. The first-order valence-electron chi connectivity index (χ1n) is 6.78. The van der Waals surface area contributed by atoms with E-state index in [1.807, 2.05) is 30.3 Å². The van der Waals surface area contributed by atoms with Crippen molar-refractivity contribution in [3.63, 3.8) is 0 Å². The van der Waals surface area contributed by atoms with Crippen molar-refractivity contribution in [3.8, 4) is 11.5 Å². The second kappa shape index (κ2) is 6.11. The predicted octanol–water partition coefficient (Wildman–Crippen LogP) is 2.87. The van der Waals surface area contributed by atoms with Crippen LogP contribution in [0.1, 0.15) is 5.56 Å². The van der Waals surface area contributed by atoms with Crippen LogP contribution in [0.3, 0.4) is 0 Å². The lowest BCUT2D eigenvalue weighted by atomic mass is 10.2. The van der Waals surface area contributed by atoms with Crippen LogP contribution >= 0.6 is 0 Å². The van der Waals surface area contributed by atoms with Crippen molar-refractivity contribution >= 4 is 21.8 Å². The van der Waals surface area contributed by atoms with Crippen LogP contribution in [0.4, 0.5) is 5.69 Å². The Bertz CT molecular complexity index is 785. The molecule has 6 heteroatoms. The fourth-order valence-electron chi connectivity index (χ4n) is 2.04. The van der Waals surface area contributed by atoms with Gasteiger partial charge in [0, 0.05) is 6.07 Å². The van der Waals surface area contributed by atoms with Gasteiger partial charge in [0.2, 0.25) is 0 Å². The van der Waals surface area contributed by atoms with E-state index in [4.69, 9.17) is 9.47 Å². The van der Waals surface area contributed by atoms with E-state index >= 15 is 0 Å². The Morgan fingerprint density at radius 2 is 1.68 bits per heavy atom. The van der Waals surface area contributed by atoms with Gasteiger partial charge in [0.15, 0.2) is 11.5 Å². The van der Waals surface area contributed by atoms with Gasteiger partial charge in [-0.1, -0.05) is 30.3 Å². The molecule has 114 valence electrons. The highest BCUT2D eigenvalue weighted by molar-refractivity contribution is 7.95. The Morgan fingerprint density at radius 1 is 0.955 bits per heavy atom. The van der Waals surface area contributed by atoms with Crippen LogP contribution in [-0.4, -0.2) is 21.6 Å². The molecule has 1 heterocycles. The molecule has 0 radical (unpaired) electrons. The number of hydrogen-bond donors (Lipinski definition) is 1. The number of anilines is 1. The first-order valence-corrected chi connectivity index (χ1v) is 8.33. The van der Waals surface area contributed by atoms with Crippen molar-refractivity contribution in [2.75, 3.05) is 17.9 Å². The number of benzene rings is 2. The maximum absolute atomic E-state index is 12.1. The molecule has 0 saturated carbocycles. The molecule has 0 aromatic heterocycles. The van der Waals surface area contributed by atoms with Crippen molar-refractivity contribution < 1.29 is 17.9 Å². The SMILES string of the molecule is O=S(=O)(C=Cc1ccccc1)Nc1ccc2c(c1)OCCO2. The minimum absolute atomic E-state index is 0.432. The number of hydrogen-bond acceptors (Lipinski definition) is 4. The first-order chi connectivity index (χ1) is 10.6. The summed E-state index contributed by atoms with van der Waals surface area (Å²) in [5.41, 5.74) is 1.25. The molecule has 0 unspecified atom stereocenters. The molecule has 1 aliphatic heterocycles. The third-order valence-electron chi connectivity index (χ3n) is 3.04. The largest absolute Gasteiger partial charge is 0.486 e. The van der Waals surface area contributed by atoms with Crippen LogP contribution < -0.4 is 14.2 Å². The zero-order valence-corrected chi connectivity index (χ0v) is 12.5. The molecule has 0 saturated heterocycles. The van der Waals surface area contributed by atoms with E-state index in [9.17, 15) is 8.42 Å². The zero-order chi connectivity index (χ0) is 15.4. The van der Waals surface area contributed by atoms with Crippen LogP contribution in [0.15, 0.2) is 53.9 Å². The Morgan fingerprint density at radius 3 is 2.45 bits per heavy atom. The quantitative estimate of drug-likeness (QED) is 0.942. The molecule has 0 amide bonds. The van der Waals surface area contributed by atoms with Gasteiger partial charge in [-0.2, -0.15) is 0 Å². The lowest BCUT2D eigenvalue weighted by Gasteiger charge is -2.18. The summed E-state index contributed by atoms with van der Waals surface area (Å²) < 4.78 is 37.5. The van der Waals surface area contributed by atoms with Gasteiger partial charge < -0.3 is 9.47 Å². The summed E-state index contributed by atoms with van der Waals surface area (Å²) in [5, 5.41) is 1.14. The van der Waals surface area contributed by atoms with Gasteiger partial charge in [-0.15, -0.1) is 0 Å². The Labute approximate surface area is 129 Å². The van der Waals surface area contributed by atoms with Gasteiger partial charge >= 0.3 is 0 Å². The minimum Gasteiger partial charge on any atom is -0.486 e. The molecule has 0 aliphatic carbocycles. The van der Waals surface area contributed by atoms with Crippen molar-refractivity contribution in [2.24, 2.45) is 0 Å². The maximum Gasteiger partial charge on any atom is 0.255 e. The van der Waals surface area contributed by atoms with Gasteiger partial charge in [-0.05, 0) is 23.8 Å². The molecule has 22 heavy (non-hydrogen) atoms. The summed E-state index contributed by atoms with van der Waals surface area (Å²) in [5.74, 6) is 1.16. The average molecular weight is 317 g/mol. The average Bonchev–Trinajstić information content (AvgIpc) is 2.54. The van der Waals surface area contributed by atoms with Gasteiger partial charge in [-0.3, -0.25) is 4.72 Å². The fourth-order valence-corrected chi connectivity index (χ4v) is 2.90. The first kappa shape index (κ1) is 14.5. The Hall–Kier alpha value is -2.47. The number of ether oxygens (including phenoxy) is 2. The maximum atomic E-state index is 12.1. The second-order valence-electron chi connectivity index (χ2n) is 4.72. The van der Waals surface area contributed by atoms with Crippen molar-refractivity contribution in [1.29, 1.82) is 0 Å². The Balaban J connectivity index is 1.75. The van der Waals surface area contributed by atoms with Crippen LogP contribution in [-0.2, 0) is 10.0 Å². The summed E-state index contributed by atoms with van der Waals surface area (Å²) in [7, 11) is -3.59. The monoisotopic (exact) mass is 317 g/mol. The van der Waals surface area contributed by atoms with Crippen molar-refractivity contribution in [2.45, 2.75) is 0 Å². The predicted molar refractivity (Wildman–Crippen MR) is 85.5 cm³/mol. The molecular formula is C16H15NO4S. The number of rotatable bonds is 4. The molecule has 5 nitrogen and oxygen atoms in total. The van der Waals surface area contributed by atoms with Crippen LogP contribution in [0.2, 0.25) is 0 Å². The zero-order valence-electron chi connectivity index (χ0n) is 11.7. The molecule has 3 rings (SSSR count). The lowest BCUT2D eigenvalue weighted by Crippen LogP contribution is -2.16. The normalized spacial score (nSPS) is 14.0. The molecule has 0 bridgehead atoms. The van der Waals surface area contributed by atoms with Crippen LogP contribution in [0.5, 0.6) is 11.5 Å². The molecule has 1 N–H and O–H groups in total. The molecule has 1 aliphatic rings. The molecule has 0 spiro atoms. The lowest BCUT2D eigenvalue weighted by molar-refractivity contribution is 0.171. The highest BCUT2D eigenvalue weighted by Crippen LogP contribution is 2.32. The highest BCUT2D eigenvalue weighted by atomic mass is 32.2. The van der Waals surface area contributed by atoms with Crippen LogP contribution in [0.25, 0.3) is 6.08 Å². The fraction of sp³-hybridized carbons (Fsp3) is 0.125. The summed E-state index contributed by atoms with van der Waals surface area (Å²) in [4.78, 5) is 0. The van der Waals surface area contributed by atoms with Crippen LogP contribution in [0, 0.1) is 0 Å². The van der Waals surface area contributed by atoms with E-state index in [2.05, 4.69) is 4.72 Å². The summed E-state index contributed by atoms with van der Waals surface area (Å²) >= 11 is 0. The van der Waals surface area contributed by atoms with Gasteiger partial charge in [0.05, 0.1) is 11.1 Å². The van der Waals surface area contributed by atoms with E-state index < -0.39 is 10.0 Å². The summed E-state index contributed by atoms with van der Waals surface area (Å²) in [6.45, 7) is 0.953. The topological polar surface area (TPSA) is 64.6 Å². The Kier molecular flexibility index (Phi) is 4.02. The smallest absolute Gasteiger partial charge is 0.255 e. The third-order valence-corrected chi connectivity index (χ3v) is 4.06. The van der Waals surface area contributed by atoms with Gasteiger partial charge in [0.1, 0.15) is 13.2 Å². The number of fused-ring (bicyclic) bond motifs is 1. The standard InChI is InChI=1S/C16H15NO4S/c18-22(19,11-8-13-4-2-1-3-5-13)17-14-6-7-15-16(12-14)21-10-9-20-15/h1-8,11-12,17H,9-10H2. The minimum atomic E-state index is -3.59. The van der Waals surface area contributed by atoms with E-state index in [1.165, 1.54) is 0 Å². The number of sulfonamides is 1. The molecular weight excluding hydrogens is 302 g/mol. The number of nitrogens with one attached hydrogen (secondary N) is 1. The van der Waals surface area contributed by atoms with E-state index in [0.29, 0.717) is 30.4 Å². The summed E-state index contributed by atoms with van der Waals surface area (Å²) in [6.07, 6.45) is 1.54. The molecule has 0 atom stereocenters. The molecule has 0 fully saturated rings. The van der Waals surface area contributed by atoms with Crippen molar-refractivity contribution in [3.05, 3.63) is 59.5 Å².